The summed E-state index contributed by atoms with van der Waals surface area (Å²) in [6, 6.07) is 2.06. The molecule has 0 aromatic carbocycles. The highest BCUT2D eigenvalue weighted by molar-refractivity contribution is 5.36. The van der Waals surface area contributed by atoms with Crippen LogP contribution in [0.4, 0.5) is 13.2 Å². The van der Waals surface area contributed by atoms with E-state index < -0.39 is 29.1 Å². The Hall–Kier alpha value is -2.17. The van der Waals surface area contributed by atoms with Crippen molar-refractivity contribution in [1.29, 1.82) is 5.26 Å². The molecule has 2 N–H and O–H groups in total. The van der Waals surface area contributed by atoms with Crippen LogP contribution in [-0.2, 0) is 0 Å². The molecule has 0 bridgehead atoms. The van der Waals surface area contributed by atoms with Crippen LogP contribution in [0.5, 0.6) is 11.6 Å². The summed E-state index contributed by atoms with van der Waals surface area (Å²) in [5.74, 6) is -2.43. The van der Waals surface area contributed by atoms with E-state index >= 15 is 0 Å². The van der Waals surface area contributed by atoms with Crippen molar-refractivity contribution in [2.24, 2.45) is 0 Å². The van der Waals surface area contributed by atoms with Crippen LogP contribution in [0.3, 0.4) is 0 Å². The van der Waals surface area contributed by atoms with Gasteiger partial charge in [0.05, 0.1) is 0 Å². The minimum atomic E-state index is -5.06. The molecule has 0 unspecified atom stereocenters. The Morgan fingerprint density at radius 3 is 2.60 bits per heavy atom. The lowest BCUT2D eigenvalue weighted by Gasteiger charge is -2.09. The summed E-state index contributed by atoms with van der Waals surface area (Å²) < 4.78 is 38.6. The highest BCUT2D eigenvalue weighted by Crippen LogP contribution is 2.26. The minimum absolute atomic E-state index is 0.447. The van der Waals surface area contributed by atoms with E-state index in [1.807, 2.05) is 0 Å². The van der Waals surface area contributed by atoms with Crippen molar-refractivity contribution < 1.29 is 23.0 Å². The van der Waals surface area contributed by atoms with Gasteiger partial charge < -0.3 is 14.8 Å². The summed E-state index contributed by atoms with van der Waals surface area (Å²) in [7, 11) is 0. The zero-order chi connectivity index (χ0) is 11.6. The fourth-order valence-electron chi connectivity index (χ4n) is 0.779. The maximum atomic E-state index is 11.8. The largest absolute Gasteiger partial charge is 0.574 e. The molecule has 0 spiro atoms. The van der Waals surface area contributed by atoms with E-state index in [1.165, 1.54) is 6.07 Å². The SMILES string of the molecule is N#Cc1cc(=O)c(O)c(OC(F)(F)F)[nH]1. The van der Waals surface area contributed by atoms with Gasteiger partial charge >= 0.3 is 6.36 Å². The van der Waals surface area contributed by atoms with Gasteiger partial charge in [0.25, 0.3) is 0 Å². The van der Waals surface area contributed by atoms with Crippen molar-refractivity contribution in [3.05, 3.63) is 22.0 Å². The summed E-state index contributed by atoms with van der Waals surface area (Å²) in [5, 5.41) is 17.2. The van der Waals surface area contributed by atoms with Gasteiger partial charge in [0.15, 0.2) is 0 Å². The van der Waals surface area contributed by atoms with Gasteiger partial charge in [-0.1, -0.05) is 0 Å². The normalized spacial score (nSPS) is 10.8. The van der Waals surface area contributed by atoms with Crippen molar-refractivity contribution in [2.45, 2.75) is 6.36 Å². The number of halogens is 3. The van der Waals surface area contributed by atoms with Crippen LogP contribution in [0.2, 0.25) is 0 Å². The summed E-state index contributed by atoms with van der Waals surface area (Å²) >= 11 is 0. The number of nitrogens with zero attached hydrogens (tertiary/aromatic N) is 1. The van der Waals surface area contributed by atoms with Crippen molar-refractivity contribution in [2.75, 3.05) is 0 Å². The van der Waals surface area contributed by atoms with Crippen LogP contribution in [-0.4, -0.2) is 16.5 Å². The van der Waals surface area contributed by atoms with Gasteiger partial charge in [-0.05, 0) is 0 Å². The van der Waals surface area contributed by atoms with E-state index in [1.54, 1.807) is 4.98 Å². The number of nitriles is 1. The molecule has 0 atom stereocenters. The Bertz CT molecular complexity index is 472. The van der Waals surface area contributed by atoms with E-state index in [0.717, 1.165) is 0 Å². The number of hydrogen-bond donors (Lipinski definition) is 2. The molecule has 0 aliphatic heterocycles. The van der Waals surface area contributed by atoms with Crippen molar-refractivity contribution >= 4 is 0 Å². The molecule has 5 nitrogen and oxygen atoms in total. The first-order valence-electron chi connectivity index (χ1n) is 3.45. The second kappa shape index (κ2) is 3.53. The molecule has 0 saturated carbocycles. The molecule has 1 rings (SSSR count). The number of ether oxygens (including phenoxy) is 1. The van der Waals surface area contributed by atoms with E-state index in [4.69, 9.17) is 10.4 Å². The first-order chi connectivity index (χ1) is 6.83. The predicted octanol–water partition coefficient (Wildman–Crippen LogP) is 0.851. The molecule has 8 heteroatoms. The third kappa shape index (κ3) is 2.63. The van der Waals surface area contributed by atoms with Gasteiger partial charge in [0.2, 0.25) is 17.1 Å². The fourth-order valence-corrected chi connectivity index (χ4v) is 0.779. The quantitative estimate of drug-likeness (QED) is 0.734. The number of alkyl halides is 3. The Kier molecular flexibility index (Phi) is 2.57. The summed E-state index contributed by atoms with van der Waals surface area (Å²) in [6.45, 7) is 0. The molecule has 0 aliphatic carbocycles. The van der Waals surface area contributed by atoms with E-state index in [9.17, 15) is 18.0 Å². The number of hydrogen-bond acceptors (Lipinski definition) is 4. The molecule has 0 saturated heterocycles. The van der Waals surface area contributed by atoms with Crippen molar-refractivity contribution in [3.8, 4) is 17.7 Å². The lowest BCUT2D eigenvalue weighted by atomic mass is 10.3. The molecule has 1 aromatic rings. The average molecular weight is 220 g/mol. The fraction of sp³-hybridized carbons (Fsp3) is 0.143. The van der Waals surface area contributed by atoms with Gasteiger partial charge in [-0.3, -0.25) is 4.79 Å². The third-order valence-electron chi connectivity index (χ3n) is 1.31. The smallest absolute Gasteiger partial charge is 0.500 e. The zero-order valence-electron chi connectivity index (χ0n) is 6.92. The molecule has 1 aromatic heterocycles. The van der Waals surface area contributed by atoms with Crippen LogP contribution in [0.25, 0.3) is 0 Å². The van der Waals surface area contributed by atoms with Gasteiger partial charge in [0.1, 0.15) is 11.8 Å². The summed E-state index contributed by atoms with van der Waals surface area (Å²) in [5.41, 5.74) is -1.58. The highest BCUT2D eigenvalue weighted by atomic mass is 19.4. The van der Waals surface area contributed by atoms with Gasteiger partial charge in [0, 0.05) is 6.07 Å². The maximum Gasteiger partial charge on any atom is 0.574 e. The number of rotatable bonds is 1. The van der Waals surface area contributed by atoms with Crippen LogP contribution in [0, 0.1) is 11.3 Å². The molecule has 0 radical (unpaired) electrons. The van der Waals surface area contributed by atoms with Gasteiger partial charge in [-0.15, -0.1) is 13.2 Å². The topological polar surface area (TPSA) is 86.1 Å². The summed E-state index contributed by atoms with van der Waals surface area (Å²) in [4.78, 5) is 12.6. The molecule has 0 aliphatic rings. The van der Waals surface area contributed by atoms with Crippen LogP contribution in [0.1, 0.15) is 5.69 Å². The van der Waals surface area contributed by atoms with Crippen molar-refractivity contribution in [3.63, 3.8) is 0 Å². The van der Waals surface area contributed by atoms with Crippen molar-refractivity contribution in [1.82, 2.24) is 4.98 Å². The number of nitrogens with one attached hydrogen (secondary N) is 1. The first-order valence-corrected chi connectivity index (χ1v) is 3.45. The molecule has 15 heavy (non-hydrogen) atoms. The Labute approximate surface area is 80.3 Å². The molecule has 0 fully saturated rings. The average Bonchev–Trinajstić information content (AvgIpc) is 2.10. The minimum Gasteiger partial charge on any atom is -0.500 e. The molecule has 1 heterocycles. The molecular formula is C7H3F3N2O3. The van der Waals surface area contributed by atoms with Gasteiger partial charge in [-0.25, -0.2) is 0 Å². The second-order valence-electron chi connectivity index (χ2n) is 2.38. The predicted molar refractivity (Wildman–Crippen MR) is 40.1 cm³/mol. The number of H-pyrrole nitrogens is 1. The standard InChI is InChI=1S/C7H3F3N2O3/c8-7(9,10)15-6-5(14)4(13)1-3(2-11)12-6/h1,14H,(H,12,13). The van der Waals surface area contributed by atoms with E-state index in [2.05, 4.69) is 4.74 Å². The molecular weight excluding hydrogens is 217 g/mol. The molecule has 80 valence electrons. The monoisotopic (exact) mass is 220 g/mol. The Morgan fingerprint density at radius 2 is 2.13 bits per heavy atom. The first kappa shape index (κ1) is 10.9. The zero-order valence-corrected chi connectivity index (χ0v) is 6.92. The Morgan fingerprint density at radius 1 is 1.53 bits per heavy atom. The lowest BCUT2D eigenvalue weighted by Crippen LogP contribution is -2.19. The third-order valence-corrected chi connectivity index (χ3v) is 1.31. The van der Waals surface area contributed by atoms with Crippen LogP contribution in [0.15, 0.2) is 10.9 Å². The van der Waals surface area contributed by atoms with E-state index in [0.29, 0.717) is 6.07 Å². The van der Waals surface area contributed by atoms with E-state index in [-0.39, 0.29) is 0 Å². The van der Waals surface area contributed by atoms with Crippen LogP contribution >= 0.6 is 0 Å². The highest BCUT2D eigenvalue weighted by Gasteiger charge is 2.33. The number of aromatic nitrogens is 1. The number of pyridine rings is 1. The second-order valence-corrected chi connectivity index (χ2v) is 2.38. The van der Waals surface area contributed by atoms with Crippen LogP contribution < -0.4 is 10.2 Å². The number of aromatic amines is 1. The number of aromatic hydroxyl groups is 1. The van der Waals surface area contributed by atoms with Gasteiger partial charge in [-0.2, -0.15) is 5.26 Å². The summed E-state index contributed by atoms with van der Waals surface area (Å²) in [6.07, 6.45) is -5.06. The maximum absolute atomic E-state index is 11.8. The molecule has 0 amide bonds. The Balaban J connectivity index is 3.24. The lowest BCUT2D eigenvalue weighted by molar-refractivity contribution is -0.276.